The summed E-state index contributed by atoms with van der Waals surface area (Å²) in [6.45, 7) is 25.5. The number of aromatic nitrogens is 12. The summed E-state index contributed by atoms with van der Waals surface area (Å²) in [6.07, 6.45) is 11.2. The number of carbonyl (C=O) groups excluding carboxylic acids is 4. The van der Waals surface area contributed by atoms with E-state index >= 15 is 0 Å². The molecule has 13 N–H and O–H groups in total. The van der Waals surface area contributed by atoms with Crippen LogP contribution in [0.3, 0.4) is 0 Å². The molecule has 9 heterocycles. The minimum atomic E-state index is -3.57. The Kier molecular flexibility index (Phi) is 29.7. The van der Waals surface area contributed by atoms with E-state index < -0.39 is 21.3 Å². The van der Waals surface area contributed by atoms with Crippen LogP contribution in [0.2, 0.25) is 5.15 Å². The zero-order valence-corrected chi connectivity index (χ0v) is 59.5. The van der Waals surface area contributed by atoms with Gasteiger partial charge in [-0.3, -0.25) is 14.4 Å². The van der Waals surface area contributed by atoms with Gasteiger partial charge < -0.3 is 64.1 Å². The fraction of sp³-hybridized carbons (Fsp3) is 0.324. The van der Waals surface area contributed by atoms with Gasteiger partial charge >= 0.3 is 0 Å². The van der Waals surface area contributed by atoms with E-state index in [1.807, 2.05) is 94.6 Å². The van der Waals surface area contributed by atoms with E-state index in [4.69, 9.17) is 23.1 Å². The fourth-order valence-corrected chi connectivity index (χ4v) is 9.35. The van der Waals surface area contributed by atoms with Gasteiger partial charge in [0.2, 0.25) is 0 Å². The van der Waals surface area contributed by atoms with Crippen molar-refractivity contribution >= 4 is 109 Å². The zero-order chi connectivity index (χ0) is 72.7. The monoisotopic (exact) mass is 1390 g/mol. The molecule has 0 aliphatic rings. The summed E-state index contributed by atoms with van der Waals surface area (Å²) in [5.41, 5.74) is 17.5. The smallest absolute Gasteiger partial charge is 0.273 e. The van der Waals surface area contributed by atoms with E-state index in [0.29, 0.717) is 58.1 Å². The lowest BCUT2D eigenvalue weighted by Gasteiger charge is -2.29. The van der Waals surface area contributed by atoms with Crippen molar-refractivity contribution in [2.75, 3.05) is 59.7 Å². The number of nitrogens with zero attached hydrogens (tertiary/aromatic N) is 12. The highest BCUT2D eigenvalue weighted by molar-refractivity contribution is 7.90. The van der Waals surface area contributed by atoms with Gasteiger partial charge in [-0.2, -0.15) is 0 Å². The molecule has 0 atom stereocenters. The van der Waals surface area contributed by atoms with E-state index in [9.17, 15) is 27.6 Å². The fourth-order valence-electron chi connectivity index (χ4n) is 8.42. The normalized spacial score (nSPS) is 10.9. The first-order valence-corrected chi connectivity index (χ1v) is 32.8. The van der Waals surface area contributed by atoms with Crippen molar-refractivity contribution < 1.29 is 27.6 Å². The molecule has 0 aliphatic heterocycles. The molecule has 29 nitrogen and oxygen atoms in total. The van der Waals surface area contributed by atoms with E-state index in [-0.39, 0.29) is 74.6 Å². The van der Waals surface area contributed by atoms with Crippen LogP contribution in [0.1, 0.15) is 143 Å². The van der Waals surface area contributed by atoms with Crippen LogP contribution in [0.4, 0.5) is 63.6 Å². The molecule has 99 heavy (non-hydrogen) atoms. The molecule has 0 aromatic carbocycles. The highest BCUT2D eigenvalue weighted by atomic mass is 35.5. The summed E-state index contributed by atoms with van der Waals surface area (Å²) in [6, 6.07) is 26.9. The van der Waals surface area contributed by atoms with Gasteiger partial charge in [-0.1, -0.05) is 84.0 Å². The SMILES string of the molecule is C.CC(C)(C)c1ccc(N)nc1.CC(C)=O.CNC(=O)c1nnc(Cl)cc1Nc1ncccc1C.CNC(=O)c1nnc(Nc2ccc(C(C)(C)N)cn2)cc1Nc1ncccc1C.CNC(=O)c1nnc(Nc2ccc(C(C)(C)NC(C)C)cn2)cc1Nc1ncccc1S(C)(=O)=O. The number of halogens is 1. The van der Waals surface area contributed by atoms with Gasteiger partial charge in [0.25, 0.3) is 17.7 Å². The average molecular weight is 1390 g/mol. The van der Waals surface area contributed by atoms with Crippen molar-refractivity contribution in [2.24, 2.45) is 5.73 Å². The molecule has 526 valence electrons. The van der Waals surface area contributed by atoms with Crippen LogP contribution in [0.15, 0.2) is 133 Å². The van der Waals surface area contributed by atoms with Crippen LogP contribution in [-0.2, 0) is 31.1 Å². The van der Waals surface area contributed by atoms with Crippen molar-refractivity contribution in [3.63, 3.8) is 0 Å². The second kappa shape index (κ2) is 36.5. The number of hydrogen-bond acceptors (Lipinski definition) is 26. The number of nitrogen functional groups attached to an aromatic ring is 1. The Morgan fingerprint density at radius 2 is 0.899 bits per heavy atom. The molecule has 31 heteroatoms. The van der Waals surface area contributed by atoms with Gasteiger partial charge in [0.1, 0.15) is 45.6 Å². The maximum Gasteiger partial charge on any atom is 0.273 e. The Labute approximate surface area is 583 Å². The molecular formula is C68H90ClN23O6S. The minimum Gasteiger partial charge on any atom is -0.384 e. The van der Waals surface area contributed by atoms with Crippen LogP contribution < -0.4 is 59.3 Å². The topological polar surface area (TPSA) is 417 Å². The Morgan fingerprint density at radius 1 is 0.505 bits per heavy atom. The first-order chi connectivity index (χ1) is 46.0. The summed E-state index contributed by atoms with van der Waals surface area (Å²) in [4.78, 5) is 71.2. The minimum absolute atomic E-state index is 0. The number of nitrogens with two attached hydrogens (primary N) is 2. The second-order valence-corrected chi connectivity index (χ2v) is 26.7. The third kappa shape index (κ3) is 25.3. The molecule has 0 fully saturated rings. The maximum absolute atomic E-state index is 12.4. The van der Waals surface area contributed by atoms with Crippen molar-refractivity contribution in [1.29, 1.82) is 0 Å². The summed E-state index contributed by atoms with van der Waals surface area (Å²) < 4.78 is 24.3. The molecule has 9 rings (SSSR count). The summed E-state index contributed by atoms with van der Waals surface area (Å²) in [7, 11) is 0.955. The third-order valence-electron chi connectivity index (χ3n) is 13.4. The third-order valence-corrected chi connectivity index (χ3v) is 14.7. The van der Waals surface area contributed by atoms with Crippen molar-refractivity contribution in [3.8, 4) is 0 Å². The zero-order valence-electron chi connectivity index (χ0n) is 58.0. The number of pyridine rings is 6. The molecule has 0 radical (unpaired) electrons. The van der Waals surface area contributed by atoms with Crippen LogP contribution >= 0.6 is 11.6 Å². The largest absolute Gasteiger partial charge is 0.384 e. The highest BCUT2D eigenvalue weighted by Crippen LogP contribution is 2.30. The first-order valence-electron chi connectivity index (χ1n) is 30.5. The number of ketones is 1. The predicted molar refractivity (Wildman–Crippen MR) is 390 cm³/mol. The average Bonchev–Trinajstić information content (AvgIpc) is 0.819. The van der Waals surface area contributed by atoms with Gasteiger partial charge in [-0.25, -0.2) is 38.3 Å². The standard InChI is InChI=1S/C23H30N8O3S.C20H24N8O.C12H12ClN5O.C9H14N2.C3H6O.CH4/c1-14(2)29-23(3,4)15-9-10-18(26-13-15)28-19-12-16(20(31-30-19)22(32)24-5)27-21-17(35(6,33)34)8-7-11-25-21;1-12-6-5-9-23-18(12)25-14-10-16(27-28-17(14)19(29)22-4)26-15-8-7-13(11-24-15)20(2,3)21;1-7-4-3-5-15-11(7)16-8-6-9(13)17-18-10(8)12(19)14-2;1-9(2,3)7-4-5-8(10)11-6-7;1-3(2)4;/h7-14,29H,1-6H3,(H,24,32)(H2,25,26,27,28,30);5-11H,21H2,1-4H3,(H,22,29)(H2,23,24,25,26,27);3-6H,1-2H3,(H,14,19)(H,15,16,17);4-6H,1-3H3,(H2,10,11);1-2H3;1H4. The number of sulfone groups is 1. The Bertz CT molecular complexity index is 4280. The van der Waals surface area contributed by atoms with Crippen LogP contribution in [0.25, 0.3) is 0 Å². The lowest BCUT2D eigenvalue weighted by atomic mass is 9.88. The van der Waals surface area contributed by atoms with E-state index in [1.54, 1.807) is 30.9 Å². The summed E-state index contributed by atoms with van der Waals surface area (Å²) >= 11 is 5.80. The molecule has 0 aliphatic carbocycles. The molecule has 9 aromatic heterocycles. The molecule has 0 saturated carbocycles. The molecule has 3 amide bonds. The van der Waals surface area contributed by atoms with Gasteiger partial charge in [-0.05, 0) is 131 Å². The maximum atomic E-state index is 12.4. The number of carbonyl (C=O) groups is 4. The van der Waals surface area contributed by atoms with Gasteiger partial charge in [0.05, 0.1) is 17.1 Å². The highest BCUT2D eigenvalue weighted by Gasteiger charge is 2.24. The van der Waals surface area contributed by atoms with E-state index in [2.05, 4.69) is 157 Å². The summed E-state index contributed by atoms with van der Waals surface area (Å²) in [5.74, 6) is 2.73. The van der Waals surface area contributed by atoms with Gasteiger partial charge in [0.15, 0.2) is 43.7 Å². The van der Waals surface area contributed by atoms with Crippen molar-refractivity contribution in [2.45, 2.75) is 125 Å². The van der Waals surface area contributed by atoms with Crippen molar-refractivity contribution in [3.05, 3.63) is 178 Å². The molecule has 0 unspecified atom stereocenters. The number of Topliss-reactive ketones (excluding diaryl/α,β-unsaturated/α-hetero) is 1. The molecule has 0 saturated heterocycles. The number of anilines is 11. The van der Waals surface area contributed by atoms with Crippen LogP contribution in [0, 0.1) is 13.8 Å². The first kappa shape index (κ1) is 80.6. The molecule has 0 spiro atoms. The van der Waals surface area contributed by atoms with Gasteiger partial charge in [0, 0.05) is 99.9 Å². The van der Waals surface area contributed by atoms with E-state index in [1.165, 1.54) is 71.0 Å². The Hall–Kier alpha value is -10.8. The molecule has 0 bridgehead atoms. The number of hydrogen-bond donors (Lipinski definition) is 11. The number of aryl methyl sites for hydroxylation is 2. The number of nitrogens with one attached hydrogen (secondary N) is 9. The second-order valence-electron chi connectivity index (χ2n) is 24.4. The predicted octanol–water partition coefficient (Wildman–Crippen LogP) is 10.5. The number of rotatable bonds is 18. The van der Waals surface area contributed by atoms with Crippen LogP contribution in [-0.4, -0.2) is 126 Å². The lowest BCUT2D eigenvalue weighted by Crippen LogP contribution is -2.41. The quantitative estimate of drug-likeness (QED) is 0.0380. The van der Waals surface area contributed by atoms with Crippen molar-refractivity contribution in [1.82, 2.24) is 81.8 Å². The van der Waals surface area contributed by atoms with E-state index in [0.717, 1.165) is 28.5 Å². The molecular weight excluding hydrogens is 1300 g/mol. The Balaban J connectivity index is 0.000000291. The van der Waals surface area contributed by atoms with Crippen LogP contribution in [0.5, 0.6) is 0 Å². The Morgan fingerprint density at radius 3 is 1.27 bits per heavy atom. The van der Waals surface area contributed by atoms with Gasteiger partial charge in [-0.15, -0.1) is 30.6 Å². The lowest BCUT2D eigenvalue weighted by molar-refractivity contribution is -0.115. The molecule has 9 aromatic rings. The number of amides is 3. The summed E-state index contributed by atoms with van der Waals surface area (Å²) in [5, 5.41) is 50.2.